The van der Waals surface area contributed by atoms with Crippen LogP contribution in [0, 0.1) is 0 Å². The summed E-state index contributed by atoms with van der Waals surface area (Å²) in [5, 5.41) is 0. The fourth-order valence-corrected chi connectivity index (χ4v) is 1.51. The summed E-state index contributed by atoms with van der Waals surface area (Å²) in [6.07, 6.45) is 1.85. The minimum Gasteiger partial charge on any atom is -0.364 e. The third-order valence-electron chi connectivity index (χ3n) is 1.62. The molecule has 0 fully saturated rings. The summed E-state index contributed by atoms with van der Waals surface area (Å²) in [6, 6.07) is 1.97. The molecule has 1 rings (SSSR count). The molecule has 66 valence electrons. The molecule has 1 heterocycles. The smallest absolute Gasteiger partial charge is 0.265 e. The van der Waals surface area contributed by atoms with Crippen LogP contribution in [0.5, 0.6) is 0 Å². The first-order valence-electron chi connectivity index (χ1n) is 3.69. The average molecular weight is 231 g/mol. The van der Waals surface area contributed by atoms with Crippen molar-refractivity contribution in [1.29, 1.82) is 0 Å². The molecule has 0 aromatic carbocycles. The van der Waals surface area contributed by atoms with Crippen molar-refractivity contribution in [3.63, 3.8) is 0 Å². The van der Waals surface area contributed by atoms with Gasteiger partial charge in [-0.1, -0.05) is 0 Å². The zero-order chi connectivity index (χ0) is 9.30. The molecule has 4 heteroatoms. The number of hydrogen-bond donors (Lipinski definition) is 1. The number of amides is 1. The van der Waals surface area contributed by atoms with Gasteiger partial charge in [0.05, 0.1) is 0 Å². The third kappa shape index (κ3) is 1.69. The third-order valence-corrected chi connectivity index (χ3v) is 2.06. The number of rotatable bonds is 2. The molecule has 0 saturated carbocycles. The van der Waals surface area contributed by atoms with E-state index in [1.165, 1.54) is 0 Å². The molecule has 0 atom stereocenters. The summed E-state index contributed by atoms with van der Waals surface area (Å²) in [5.74, 6) is -0.394. The van der Waals surface area contributed by atoms with E-state index in [0.29, 0.717) is 5.69 Å². The van der Waals surface area contributed by atoms with E-state index in [1.54, 1.807) is 6.07 Å². The van der Waals surface area contributed by atoms with Crippen molar-refractivity contribution in [2.24, 2.45) is 5.73 Å². The van der Waals surface area contributed by atoms with E-state index in [0.717, 1.165) is 4.47 Å². The minimum absolute atomic E-state index is 0.249. The van der Waals surface area contributed by atoms with Gasteiger partial charge in [0.15, 0.2) is 0 Å². The monoisotopic (exact) mass is 230 g/mol. The quantitative estimate of drug-likeness (QED) is 0.830. The van der Waals surface area contributed by atoms with Gasteiger partial charge in [-0.2, -0.15) is 0 Å². The molecule has 3 nitrogen and oxygen atoms in total. The first kappa shape index (κ1) is 9.32. The lowest BCUT2D eigenvalue weighted by atomic mass is 10.3. The number of primary amides is 1. The summed E-state index contributed by atoms with van der Waals surface area (Å²) < 4.78 is 2.72. The van der Waals surface area contributed by atoms with Gasteiger partial charge in [-0.3, -0.25) is 4.79 Å². The standard InChI is InChI=1S/C8H11BrN2O/c1-5(2)11-4-6(9)3-7(11)8(10)12/h3-5H,1-2H3,(H2,10,12). The van der Waals surface area contributed by atoms with Crippen LogP contribution in [-0.4, -0.2) is 10.5 Å². The molecule has 12 heavy (non-hydrogen) atoms. The van der Waals surface area contributed by atoms with Crippen LogP contribution in [0.3, 0.4) is 0 Å². The number of carbonyl (C=O) groups is 1. The van der Waals surface area contributed by atoms with Crippen LogP contribution in [0.2, 0.25) is 0 Å². The second-order valence-corrected chi connectivity index (χ2v) is 3.82. The Morgan fingerprint density at radius 3 is 2.58 bits per heavy atom. The molecule has 0 spiro atoms. The van der Waals surface area contributed by atoms with Gasteiger partial charge in [-0.05, 0) is 35.8 Å². The number of halogens is 1. The number of hydrogen-bond acceptors (Lipinski definition) is 1. The molecule has 0 radical (unpaired) electrons. The van der Waals surface area contributed by atoms with Crippen molar-refractivity contribution in [2.75, 3.05) is 0 Å². The lowest BCUT2D eigenvalue weighted by Gasteiger charge is -2.09. The molecule has 0 aliphatic carbocycles. The van der Waals surface area contributed by atoms with Crippen LogP contribution < -0.4 is 5.73 Å². The van der Waals surface area contributed by atoms with Gasteiger partial charge >= 0.3 is 0 Å². The first-order valence-corrected chi connectivity index (χ1v) is 4.49. The zero-order valence-corrected chi connectivity index (χ0v) is 8.63. The lowest BCUT2D eigenvalue weighted by molar-refractivity contribution is 0.0990. The maximum Gasteiger partial charge on any atom is 0.265 e. The van der Waals surface area contributed by atoms with Crippen LogP contribution in [0.4, 0.5) is 0 Å². The predicted octanol–water partition coefficient (Wildman–Crippen LogP) is 1.93. The van der Waals surface area contributed by atoms with Gasteiger partial charge in [0.2, 0.25) is 0 Å². The van der Waals surface area contributed by atoms with Gasteiger partial charge in [-0.15, -0.1) is 0 Å². The molecule has 0 aliphatic heterocycles. The Balaban J connectivity index is 3.17. The van der Waals surface area contributed by atoms with Crippen LogP contribution in [0.25, 0.3) is 0 Å². The summed E-state index contributed by atoms with van der Waals surface area (Å²) in [7, 11) is 0. The molecular weight excluding hydrogens is 220 g/mol. The SMILES string of the molecule is CC(C)n1cc(Br)cc1C(N)=O. The molecular formula is C8H11BrN2O. The van der Waals surface area contributed by atoms with E-state index in [4.69, 9.17) is 5.73 Å². The van der Waals surface area contributed by atoms with Gasteiger partial charge in [0, 0.05) is 16.7 Å². The van der Waals surface area contributed by atoms with E-state index in [-0.39, 0.29) is 6.04 Å². The number of nitrogens with two attached hydrogens (primary N) is 1. The minimum atomic E-state index is -0.394. The molecule has 0 bridgehead atoms. The van der Waals surface area contributed by atoms with Crippen LogP contribution >= 0.6 is 15.9 Å². The summed E-state index contributed by atoms with van der Waals surface area (Å²) in [6.45, 7) is 4.00. The van der Waals surface area contributed by atoms with E-state index in [2.05, 4.69) is 15.9 Å². The Morgan fingerprint density at radius 2 is 2.25 bits per heavy atom. The van der Waals surface area contributed by atoms with Gasteiger partial charge in [-0.25, -0.2) is 0 Å². The topological polar surface area (TPSA) is 48.0 Å². The van der Waals surface area contributed by atoms with Crippen molar-refractivity contribution < 1.29 is 4.79 Å². The highest BCUT2D eigenvalue weighted by molar-refractivity contribution is 9.10. The van der Waals surface area contributed by atoms with Crippen molar-refractivity contribution in [1.82, 2.24) is 4.57 Å². The average Bonchev–Trinajstić information content (AvgIpc) is 2.31. The molecule has 0 aliphatic rings. The zero-order valence-electron chi connectivity index (χ0n) is 7.04. The highest BCUT2D eigenvalue weighted by Gasteiger charge is 2.11. The fraction of sp³-hybridized carbons (Fsp3) is 0.375. The van der Waals surface area contributed by atoms with E-state index >= 15 is 0 Å². The number of aromatic nitrogens is 1. The van der Waals surface area contributed by atoms with Crippen molar-refractivity contribution in [3.8, 4) is 0 Å². The lowest BCUT2D eigenvalue weighted by Crippen LogP contribution is -2.17. The van der Waals surface area contributed by atoms with Crippen LogP contribution in [-0.2, 0) is 0 Å². The summed E-state index contributed by atoms with van der Waals surface area (Å²) in [5.41, 5.74) is 5.72. The molecule has 0 unspecified atom stereocenters. The Bertz CT molecular complexity index is 304. The highest BCUT2D eigenvalue weighted by Crippen LogP contribution is 2.18. The van der Waals surface area contributed by atoms with Crippen molar-refractivity contribution in [2.45, 2.75) is 19.9 Å². The summed E-state index contributed by atoms with van der Waals surface area (Å²) in [4.78, 5) is 10.9. The van der Waals surface area contributed by atoms with E-state index in [9.17, 15) is 4.79 Å². The van der Waals surface area contributed by atoms with Crippen molar-refractivity contribution in [3.05, 3.63) is 22.4 Å². The normalized spacial score (nSPS) is 10.7. The number of nitrogens with zero attached hydrogens (tertiary/aromatic N) is 1. The maximum atomic E-state index is 10.9. The summed E-state index contributed by atoms with van der Waals surface area (Å²) >= 11 is 3.29. The second kappa shape index (κ2) is 3.31. The highest BCUT2D eigenvalue weighted by atomic mass is 79.9. The maximum absolute atomic E-state index is 10.9. The Morgan fingerprint density at radius 1 is 1.67 bits per heavy atom. The molecule has 1 amide bonds. The van der Waals surface area contributed by atoms with E-state index in [1.807, 2.05) is 24.6 Å². The van der Waals surface area contributed by atoms with E-state index < -0.39 is 5.91 Å². The largest absolute Gasteiger partial charge is 0.364 e. The second-order valence-electron chi connectivity index (χ2n) is 2.91. The number of carbonyl (C=O) groups excluding carboxylic acids is 1. The predicted molar refractivity (Wildman–Crippen MR) is 51.0 cm³/mol. The van der Waals surface area contributed by atoms with Crippen molar-refractivity contribution >= 4 is 21.8 Å². The molecule has 1 aromatic rings. The Kier molecular flexibility index (Phi) is 2.57. The molecule has 0 saturated heterocycles. The van der Waals surface area contributed by atoms with Crippen LogP contribution in [0.15, 0.2) is 16.7 Å². The van der Waals surface area contributed by atoms with Gasteiger partial charge < -0.3 is 10.3 Å². The molecule has 2 N–H and O–H groups in total. The molecule has 1 aromatic heterocycles. The Hall–Kier alpha value is -0.770. The Labute approximate surface area is 79.7 Å². The fourth-order valence-electron chi connectivity index (χ4n) is 1.07. The van der Waals surface area contributed by atoms with Gasteiger partial charge in [0.25, 0.3) is 5.91 Å². The first-order chi connectivity index (χ1) is 5.52. The van der Waals surface area contributed by atoms with Crippen LogP contribution in [0.1, 0.15) is 30.4 Å². The van der Waals surface area contributed by atoms with Gasteiger partial charge in [0.1, 0.15) is 5.69 Å².